The molecule has 0 saturated heterocycles. The van der Waals surface area contributed by atoms with Crippen LogP contribution in [0.15, 0.2) is 24.4 Å². The summed E-state index contributed by atoms with van der Waals surface area (Å²) in [6, 6.07) is 5.99. The van der Waals surface area contributed by atoms with Gasteiger partial charge in [0.2, 0.25) is 0 Å². The molecule has 4 nitrogen and oxygen atoms in total. The van der Waals surface area contributed by atoms with Crippen LogP contribution in [0.5, 0.6) is 0 Å². The zero-order valence-electron chi connectivity index (χ0n) is 13.6. The smallest absolute Gasteiger partial charge is 0.418 e. The van der Waals surface area contributed by atoms with Crippen molar-refractivity contribution < 1.29 is 14.6 Å². The number of ether oxygens (including phenoxy) is 1. The van der Waals surface area contributed by atoms with Gasteiger partial charge in [-0.15, -0.1) is 0 Å². The number of aromatic nitrogens is 1. The van der Waals surface area contributed by atoms with E-state index in [-0.39, 0.29) is 12.7 Å². The first kappa shape index (κ1) is 15.1. The van der Waals surface area contributed by atoms with Crippen LogP contribution in [0, 0.1) is 5.92 Å². The molecule has 1 saturated carbocycles. The molecule has 3 rings (SSSR count). The molecule has 1 aromatic heterocycles. The number of aliphatic hydroxyl groups excluding tert-OH is 1. The minimum atomic E-state index is -0.532. The molecule has 1 aliphatic rings. The lowest BCUT2D eigenvalue weighted by Gasteiger charge is -2.20. The molecule has 22 heavy (non-hydrogen) atoms. The van der Waals surface area contributed by atoms with Crippen molar-refractivity contribution in [1.29, 1.82) is 0 Å². The summed E-state index contributed by atoms with van der Waals surface area (Å²) in [4.78, 5) is 12.4. The average Bonchev–Trinajstić information content (AvgIpc) is 2.99. The lowest BCUT2D eigenvalue weighted by Crippen LogP contribution is -2.26. The van der Waals surface area contributed by atoms with Gasteiger partial charge in [0.1, 0.15) is 5.60 Å². The minimum Gasteiger partial charge on any atom is -0.443 e. The van der Waals surface area contributed by atoms with Crippen molar-refractivity contribution >= 4 is 17.0 Å². The van der Waals surface area contributed by atoms with E-state index in [2.05, 4.69) is 19.1 Å². The van der Waals surface area contributed by atoms with Crippen molar-refractivity contribution in [2.45, 2.75) is 52.2 Å². The third-order valence-corrected chi connectivity index (χ3v) is 4.21. The van der Waals surface area contributed by atoms with E-state index in [0.29, 0.717) is 11.8 Å². The second kappa shape index (κ2) is 5.13. The highest BCUT2D eigenvalue weighted by molar-refractivity contribution is 5.92. The first-order valence-electron chi connectivity index (χ1n) is 7.78. The third-order valence-electron chi connectivity index (χ3n) is 4.21. The summed E-state index contributed by atoms with van der Waals surface area (Å²) in [7, 11) is 0. The highest BCUT2D eigenvalue weighted by atomic mass is 16.6. The molecule has 1 unspecified atom stereocenters. The topological polar surface area (TPSA) is 51.5 Å². The van der Waals surface area contributed by atoms with Gasteiger partial charge >= 0.3 is 6.09 Å². The lowest BCUT2D eigenvalue weighted by molar-refractivity contribution is 0.0544. The van der Waals surface area contributed by atoms with E-state index in [0.717, 1.165) is 16.5 Å². The van der Waals surface area contributed by atoms with Gasteiger partial charge in [-0.1, -0.05) is 13.0 Å². The molecular weight excluding hydrogens is 278 g/mol. The molecule has 1 fully saturated rings. The Labute approximate surface area is 130 Å². The van der Waals surface area contributed by atoms with E-state index in [4.69, 9.17) is 4.74 Å². The van der Waals surface area contributed by atoms with Crippen LogP contribution in [0.3, 0.4) is 0 Å². The molecular formula is C18H23NO3. The molecule has 1 N–H and O–H groups in total. The Hall–Kier alpha value is -1.81. The second-order valence-corrected chi connectivity index (χ2v) is 7.26. The third kappa shape index (κ3) is 2.75. The van der Waals surface area contributed by atoms with Gasteiger partial charge < -0.3 is 9.84 Å². The van der Waals surface area contributed by atoms with Crippen LogP contribution in [-0.2, 0) is 11.3 Å². The van der Waals surface area contributed by atoms with Crippen molar-refractivity contribution in [2.75, 3.05) is 0 Å². The van der Waals surface area contributed by atoms with Gasteiger partial charge in [-0.05, 0) is 62.3 Å². The summed E-state index contributed by atoms with van der Waals surface area (Å²) in [5.41, 5.74) is 2.35. The Morgan fingerprint density at radius 2 is 2.09 bits per heavy atom. The van der Waals surface area contributed by atoms with E-state index in [1.807, 2.05) is 26.8 Å². The Morgan fingerprint density at radius 3 is 2.64 bits per heavy atom. The molecule has 0 bridgehead atoms. The molecule has 1 heterocycles. The summed E-state index contributed by atoms with van der Waals surface area (Å²) >= 11 is 0. The van der Waals surface area contributed by atoms with Crippen LogP contribution in [0.1, 0.15) is 51.2 Å². The predicted molar refractivity (Wildman–Crippen MR) is 86.0 cm³/mol. The Balaban J connectivity index is 2.06. The van der Waals surface area contributed by atoms with Gasteiger partial charge in [0, 0.05) is 11.6 Å². The zero-order chi connectivity index (χ0) is 16.1. The number of benzene rings is 1. The minimum absolute atomic E-state index is 0.0240. The van der Waals surface area contributed by atoms with Crippen molar-refractivity contribution in [1.82, 2.24) is 4.57 Å². The van der Waals surface area contributed by atoms with Crippen LogP contribution in [-0.4, -0.2) is 21.4 Å². The van der Waals surface area contributed by atoms with Crippen molar-refractivity contribution in [3.05, 3.63) is 35.5 Å². The van der Waals surface area contributed by atoms with Crippen molar-refractivity contribution in [3.8, 4) is 0 Å². The quantitative estimate of drug-likeness (QED) is 0.910. The van der Waals surface area contributed by atoms with Gasteiger partial charge in [0.05, 0.1) is 12.1 Å². The number of carbonyl (C=O) groups excluding carboxylic acids is 1. The van der Waals surface area contributed by atoms with E-state index < -0.39 is 5.60 Å². The first-order valence-corrected chi connectivity index (χ1v) is 7.78. The van der Waals surface area contributed by atoms with Crippen molar-refractivity contribution in [2.24, 2.45) is 5.92 Å². The van der Waals surface area contributed by atoms with Crippen LogP contribution < -0.4 is 0 Å². The number of fused-ring (bicyclic) bond motifs is 1. The van der Waals surface area contributed by atoms with E-state index in [9.17, 15) is 9.90 Å². The Kier molecular flexibility index (Phi) is 3.52. The molecule has 0 radical (unpaired) electrons. The maximum atomic E-state index is 12.4. The summed E-state index contributed by atoms with van der Waals surface area (Å²) in [5.74, 6) is 1.21. The highest BCUT2D eigenvalue weighted by Gasteiger charge is 2.34. The number of hydrogen-bond acceptors (Lipinski definition) is 3. The molecule has 4 heteroatoms. The van der Waals surface area contributed by atoms with Gasteiger partial charge in [-0.3, -0.25) is 4.57 Å². The summed E-state index contributed by atoms with van der Waals surface area (Å²) < 4.78 is 7.00. The molecule has 118 valence electrons. The van der Waals surface area contributed by atoms with Crippen LogP contribution in [0.2, 0.25) is 0 Å². The van der Waals surface area contributed by atoms with Crippen LogP contribution in [0.25, 0.3) is 10.9 Å². The number of rotatable bonds is 2. The maximum absolute atomic E-state index is 12.4. The fourth-order valence-electron chi connectivity index (χ4n) is 2.94. The zero-order valence-corrected chi connectivity index (χ0v) is 13.6. The van der Waals surface area contributed by atoms with Gasteiger partial charge in [-0.2, -0.15) is 0 Å². The highest BCUT2D eigenvalue weighted by Crippen LogP contribution is 2.47. The normalized spacial score (nSPS) is 21.1. The van der Waals surface area contributed by atoms with Gasteiger partial charge in [0.15, 0.2) is 0 Å². The van der Waals surface area contributed by atoms with E-state index in [1.165, 1.54) is 16.6 Å². The van der Waals surface area contributed by atoms with E-state index in [1.54, 1.807) is 6.20 Å². The fraction of sp³-hybridized carbons (Fsp3) is 0.500. The number of hydrogen-bond donors (Lipinski definition) is 1. The second-order valence-electron chi connectivity index (χ2n) is 7.26. The molecule has 1 aromatic carbocycles. The molecule has 1 aliphatic carbocycles. The van der Waals surface area contributed by atoms with Gasteiger partial charge in [-0.25, -0.2) is 4.79 Å². The average molecular weight is 301 g/mol. The molecule has 2 aromatic rings. The summed E-state index contributed by atoms with van der Waals surface area (Å²) in [6.45, 7) is 7.76. The summed E-state index contributed by atoms with van der Waals surface area (Å²) in [5, 5.41) is 10.5. The molecule has 0 aliphatic heterocycles. The van der Waals surface area contributed by atoms with Crippen LogP contribution >= 0.6 is 0 Å². The number of aliphatic hydroxyl groups is 1. The standard InChI is InChI=1S/C18H23NO3/c1-11-7-15(11)12-8-13(10-20)14-5-6-19(16(14)9-12)17(21)22-18(2,3)4/h5-6,8-9,11,15,20H,7,10H2,1-4H3/t11?,15-/m0/s1. The van der Waals surface area contributed by atoms with Crippen molar-refractivity contribution in [3.63, 3.8) is 0 Å². The van der Waals surface area contributed by atoms with E-state index >= 15 is 0 Å². The maximum Gasteiger partial charge on any atom is 0.418 e. The number of nitrogens with zero attached hydrogens (tertiary/aromatic N) is 1. The first-order chi connectivity index (χ1) is 10.3. The molecule has 2 atom stereocenters. The Bertz CT molecular complexity index is 724. The monoisotopic (exact) mass is 301 g/mol. The summed E-state index contributed by atoms with van der Waals surface area (Å²) in [6.07, 6.45) is 2.51. The molecule has 0 amide bonds. The molecule has 0 spiro atoms. The fourth-order valence-corrected chi connectivity index (χ4v) is 2.94. The number of carbonyl (C=O) groups is 1. The lowest BCUT2D eigenvalue weighted by atomic mass is 10.0. The largest absolute Gasteiger partial charge is 0.443 e. The Morgan fingerprint density at radius 1 is 1.41 bits per heavy atom. The van der Waals surface area contributed by atoms with Gasteiger partial charge in [0.25, 0.3) is 0 Å². The predicted octanol–water partition coefficient (Wildman–Crippen LogP) is 4.04. The SMILES string of the molecule is CC1C[C@@H]1c1cc(CO)c2ccn(C(=O)OC(C)(C)C)c2c1. The van der Waals surface area contributed by atoms with Crippen LogP contribution in [0.4, 0.5) is 4.79 Å².